The van der Waals surface area contributed by atoms with Crippen LogP contribution in [0.4, 0.5) is 0 Å². The predicted molar refractivity (Wildman–Crippen MR) is 97.5 cm³/mol. The maximum atomic E-state index is 12.8. The molecule has 4 nitrogen and oxygen atoms in total. The quantitative estimate of drug-likeness (QED) is 0.837. The van der Waals surface area contributed by atoms with Crippen LogP contribution in [-0.2, 0) is 17.6 Å². The molecule has 0 unspecified atom stereocenters. The highest BCUT2D eigenvalue weighted by molar-refractivity contribution is 7.14. The molecule has 0 saturated carbocycles. The Bertz CT molecular complexity index is 601. The van der Waals surface area contributed by atoms with Crippen molar-refractivity contribution in [3.63, 3.8) is 0 Å². The fraction of sp³-hybridized carbons (Fsp3) is 0.684. The van der Waals surface area contributed by atoms with E-state index in [2.05, 4.69) is 11.0 Å². The number of amides is 2. The van der Waals surface area contributed by atoms with Gasteiger partial charge >= 0.3 is 0 Å². The minimum Gasteiger partial charge on any atom is -0.342 e. The number of hydrogen-bond donors (Lipinski definition) is 0. The molecule has 2 aliphatic rings. The molecule has 2 amide bonds. The third-order valence-electron chi connectivity index (χ3n) is 5.36. The number of thiophene rings is 1. The highest BCUT2D eigenvalue weighted by Gasteiger charge is 2.31. The first kappa shape index (κ1) is 17.5. The van der Waals surface area contributed by atoms with Gasteiger partial charge in [0.1, 0.15) is 0 Å². The molecule has 1 aliphatic heterocycles. The largest absolute Gasteiger partial charge is 0.342 e. The van der Waals surface area contributed by atoms with E-state index < -0.39 is 0 Å². The topological polar surface area (TPSA) is 40.6 Å². The number of likely N-dealkylation sites (tertiary alicyclic amines) is 1. The molecule has 132 valence electrons. The lowest BCUT2D eigenvalue weighted by atomic mass is 9.87. The number of rotatable bonds is 4. The first-order chi connectivity index (χ1) is 11.6. The number of piperidine rings is 1. The van der Waals surface area contributed by atoms with Gasteiger partial charge in [-0.15, -0.1) is 11.3 Å². The Hall–Kier alpha value is -1.36. The van der Waals surface area contributed by atoms with E-state index in [1.165, 1.54) is 16.9 Å². The van der Waals surface area contributed by atoms with Crippen LogP contribution < -0.4 is 0 Å². The number of fused-ring (bicyclic) bond motifs is 1. The van der Waals surface area contributed by atoms with Gasteiger partial charge in [0.2, 0.25) is 5.91 Å². The van der Waals surface area contributed by atoms with Crippen molar-refractivity contribution in [1.29, 1.82) is 0 Å². The number of hydrogen-bond acceptors (Lipinski definition) is 3. The third-order valence-corrected chi connectivity index (χ3v) is 6.59. The predicted octanol–water partition coefficient (Wildman–Crippen LogP) is 3.35. The zero-order chi connectivity index (χ0) is 17.1. The molecule has 1 saturated heterocycles. The summed E-state index contributed by atoms with van der Waals surface area (Å²) in [6.07, 6.45) is 6.22. The summed E-state index contributed by atoms with van der Waals surface area (Å²) in [6.45, 7) is 7.38. The summed E-state index contributed by atoms with van der Waals surface area (Å²) in [5, 5.41) is 0. The first-order valence-corrected chi connectivity index (χ1v) is 10.1. The lowest BCUT2D eigenvalue weighted by Crippen LogP contribution is -2.41. The second-order valence-corrected chi connectivity index (χ2v) is 8.00. The van der Waals surface area contributed by atoms with E-state index in [0.717, 1.165) is 63.2 Å². The normalized spacial score (nSPS) is 20.6. The highest BCUT2D eigenvalue weighted by Crippen LogP contribution is 2.34. The van der Waals surface area contributed by atoms with Crippen LogP contribution in [0.1, 0.15) is 59.6 Å². The molecular formula is C19H28N2O2S. The monoisotopic (exact) mass is 348 g/mol. The van der Waals surface area contributed by atoms with Gasteiger partial charge < -0.3 is 9.80 Å². The molecule has 0 radical (unpaired) electrons. The summed E-state index contributed by atoms with van der Waals surface area (Å²) in [4.78, 5) is 31.4. The number of carbonyl (C=O) groups excluding carboxylic acids is 2. The second kappa shape index (κ2) is 7.68. The summed E-state index contributed by atoms with van der Waals surface area (Å²) in [7, 11) is 0. The van der Waals surface area contributed by atoms with Crippen molar-refractivity contribution in [2.45, 2.75) is 52.4 Å². The lowest BCUT2D eigenvalue weighted by Gasteiger charge is -2.31. The van der Waals surface area contributed by atoms with Gasteiger partial charge in [0.05, 0.1) is 4.88 Å². The van der Waals surface area contributed by atoms with E-state index >= 15 is 0 Å². The molecule has 1 aromatic heterocycles. The Morgan fingerprint density at radius 2 is 1.92 bits per heavy atom. The van der Waals surface area contributed by atoms with Crippen LogP contribution in [0.15, 0.2) is 6.07 Å². The van der Waals surface area contributed by atoms with Crippen molar-refractivity contribution >= 4 is 23.2 Å². The van der Waals surface area contributed by atoms with Gasteiger partial charge in [0.15, 0.2) is 0 Å². The minimum atomic E-state index is 0.113. The smallest absolute Gasteiger partial charge is 0.263 e. The molecule has 0 bridgehead atoms. The molecule has 2 heterocycles. The van der Waals surface area contributed by atoms with Gasteiger partial charge in [-0.3, -0.25) is 9.59 Å². The third kappa shape index (κ3) is 3.51. The summed E-state index contributed by atoms with van der Waals surface area (Å²) in [5.74, 6) is 0.586. The van der Waals surface area contributed by atoms with Gasteiger partial charge in [-0.2, -0.15) is 0 Å². The van der Waals surface area contributed by atoms with Crippen LogP contribution in [-0.4, -0.2) is 47.8 Å². The Balaban J connectivity index is 1.69. The molecule has 1 aromatic rings. The minimum absolute atomic E-state index is 0.113. The van der Waals surface area contributed by atoms with Crippen LogP contribution >= 0.6 is 11.3 Å². The summed E-state index contributed by atoms with van der Waals surface area (Å²) in [6, 6.07) is 2.05. The summed E-state index contributed by atoms with van der Waals surface area (Å²) < 4.78 is 0. The van der Waals surface area contributed by atoms with Crippen LogP contribution in [0.25, 0.3) is 0 Å². The molecule has 0 aromatic carbocycles. The molecule has 1 fully saturated rings. The van der Waals surface area contributed by atoms with E-state index in [0.29, 0.717) is 5.91 Å². The van der Waals surface area contributed by atoms with Crippen LogP contribution in [0.5, 0.6) is 0 Å². The van der Waals surface area contributed by atoms with Crippen LogP contribution in [0.3, 0.4) is 0 Å². The van der Waals surface area contributed by atoms with Gasteiger partial charge in [0, 0.05) is 37.0 Å². The van der Waals surface area contributed by atoms with Crippen molar-refractivity contribution in [3.05, 3.63) is 21.4 Å². The highest BCUT2D eigenvalue weighted by atomic mass is 32.1. The Morgan fingerprint density at radius 1 is 1.21 bits per heavy atom. The van der Waals surface area contributed by atoms with E-state index in [1.807, 2.05) is 18.7 Å². The fourth-order valence-corrected chi connectivity index (χ4v) is 5.06. The number of nitrogens with zero attached hydrogens (tertiary/aromatic N) is 2. The van der Waals surface area contributed by atoms with Crippen molar-refractivity contribution in [3.8, 4) is 0 Å². The van der Waals surface area contributed by atoms with Gasteiger partial charge in [-0.25, -0.2) is 0 Å². The average molecular weight is 349 g/mol. The summed E-state index contributed by atoms with van der Waals surface area (Å²) in [5.41, 5.74) is 1.23. The summed E-state index contributed by atoms with van der Waals surface area (Å²) >= 11 is 1.64. The van der Waals surface area contributed by atoms with Crippen LogP contribution in [0, 0.1) is 5.92 Å². The molecule has 1 aliphatic carbocycles. The molecule has 1 atom stereocenters. The molecule has 0 N–H and O–H groups in total. The Morgan fingerprint density at radius 3 is 2.58 bits per heavy atom. The zero-order valence-electron chi connectivity index (χ0n) is 14.8. The standard InChI is InChI=1S/C19H28N2O2S/c1-3-20(4-2)19(23)17-13-15-12-14(8-9-16(15)24-17)18(22)21-10-6-5-7-11-21/h13-14H,3-12H2,1-2H3/t14-/m0/s1. The molecule has 3 rings (SSSR count). The van der Waals surface area contributed by atoms with Crippen molar-refractivity contribution in [2.75, 3.05) is 26.2 Å². The van der Waals surface area contributed by atoms with E-state index in [-0.39, 0.29) is 11.8 Å². The lowest BCUT2D eigenvalue weighted by molar-refractivity contribution is -0.136. The number of aryl methyl sites for hydroxylation is 1. The first-order valence-electron chi connectivity index (χ1n) is 9.33. The maximum absolute atomic E-state index is 12.8. The molecule has 5 heteroatoms. The maximum Gasteiger partial charge on any atom is 0.263 e. The SMILES string of the molecule is CCN(CC)C(=O)c1cc2c(s1)CC[C@H](C(=O)N1CCCCC1)C2. The van der Waals surface area contributed by atoms with E-state index in [9.17, 15) is 9.59 Å². The van der Waals surface area contributed by atoms with Crippen LogP contribution in [0.2, 0.25) is 0 Å². The number of carbonyl (C=O) groups is 2. The van der Waals surface area contributed by atoms with Crippen molar-refractivity contribution < 1.29 is 9.59 Å². The van der Waals surface area contributed by atoms with Crippen molar-refractivity contribution in [1.82, 2.24) is 9.80 Å². The molecule has 0 spiro atoms. The Kier molecular flexibility index (Phi) is 5.59. The second-order valence-electron chi connectivity index (χ2n) is 6.86. The fourth-order valence-electron chi connectivity index (χ4n) is 3.88. The van der Waals surface area contributed by atoms with Gasteiger partial charge in [-0.1, -0.05) is 0 Å². The van der Waals surface area contributed by atoms with Crippen molar-refractivity contribution in [2.24, 2.45) is 5.92 Å². The average Bonchev–Trinajstić information content (AvgIpc) is 3.06. The molecule has 24 heavy (non-hydrogen) atoms. The van der Waals surface area contributed by atoms with E-state index in [4.69, 9.17) is 0 Å². The van der Waals surface area contributed by atoms with Gasteiger partial charge in [-0.05, 0) is 64.0 Å². The van der Waals surface area contributed by atoms with E-state index in [1.54, 1.807) is 11.3 Å². The van der Waals surface area contributed by atoms with Gasteiger partial charge in [0.25, 0.3) is 5.91 Å². The Labute approximate surface area is 148 Å². The molecular weight excluding hydrogens is 320 g/mol. The zero-order valence-corrected chi connectivity index (χ0v) is 15.7.